The van der Waals surface area contributed by atoms with Gasteiger partial charge in [-0.3, -0.25) is 4.79 Å². The van der Waals surface area contributed by atoms with Gasteiger partial charge in [-0.25, -0.2) is 14.8 Å². The maximum absolute atomic E-state index is 13.0. The molecule has 1 aromatic carbocycles. The van der Waals surface area contributed by atoms with E-state index in [2.05, 4.69) is 14.7 Å². The lowest BCUT2D eigenvalue weighted by molar-refractivity contribution is -0.154. The van der Waals surface area contributed by atoms with Crippen molar-refractivity contribution < 1.29 is 32.2 Å². The molecule has 0 bridgehead atoms. The van der Waals surface area contributed by atoms with Crippen LogP contribution in [0.3, 0.4) is 0 Å². The van der Waals surface area contributed by atoms with E-state index in [4.69, 9.17) is 22.1 Å². The number of methoxy groups -OCH3 is 1. The quantitative estimate of drug-likeness (QED) is 0.395. The van der Waals surface area contributed by atoms with Gasteiger partial charge in [-0.05, 0) is 18.1 Å². The van der Waals surface area contributed by atoms with Crippen molar-refractivity contribution in [2.75, 3.05) is 13.7 Å². The molecule has 0 spiro atoms. The van der Waals surface area contributed by atoms with Crippen LogP contribution in [-0.2, 0) is 9.53 Å². The van der Waals surface area contributed by atoms with Crippen LogP contribution >= 0.6 is 11.6 Å². The largest absolute Gasteiger partial charge is 0.467 e. The minimum Gasteiger partial charge on any atom is -0.467 e. The van der Waals surface area contributed by atoms with Gasteiger partial charge in [-0.1, -0.05) is 37.6 Å². The molecule has 0 aliphatic rings. The number of hydrogen-bond donors (Lipinski definition) is 1. The van der Waals surface area contributed by atoms with Gasteiger partial charge in [-0.2, -0.15) is 13.2 Å². The Morgan fingerprint density at radius 1 is 1.27 bits per heavy atom. The number of carbonyl (C=O) groups excluding carboxylic acids is 2. The Labute approximate surface area is 175 Å². The number of nitrogens with zero attached hydrogens (tertiary/aromatic N) is 2. The molecule has 0 radical (unpaired) electrons. The Bertz CT molecular complexity index is 953. The van der Waals surface area contributed by atoms with Crippen LogP contribution in [0.1, 0.15) is 24.3 Å². The number of hydrogen-bond acceptors (Lipinski definition) is 7. The molecular weight excluding hydrogens is 427 g/mol. The molecule has 0 amide bonds. The SMILES string of the molecule is COC(=O)C(N)(C(=O)c1cnc(OCC(F)(F)F)c(-c2cccc(Cl)c2)n1)C(C)C. The van der Waals surface area contributed by atoms with E-state index in [9.17, 15) is 22.8 Å². The van der Waals surface area contributed by atoms with Crippen LogP contribution in [0, 0.1) is 5.92 Å². The number of Topliss-reactive ketones (excluding diaryl/α,β-unsaturated/α-hetero) is 1. The average Bonchev–Trinajstić information content (AvgIpc) is 2.69. The highest BCUT2D eigenvalue weighted by molar-refractivity contribution is 6.30. The third-order valence-corrected chi connectivity index (χ3v) is 4.49. The van der Waals surface area contributed by atoms with Gasteiger partial charge in [0, 0.05) is 10.6 Å². The molecule has 1 aromatic heterocycles. The smallest absolute Gasteiger partial charge is 0.422 e. The summed E-state index contributed by atoms with van der Waals surface area (Å²) in [4.78, 5) is 33.1. The first-order chi connectivity index (χ1) is 13.9. The van der Waals surface area contributed by atoms with E-state index in [-0.39, 0.29) is 22.0 Å². The molecule has 30 heavy (non-hydrogen) atoms. The Hall–Kier alpha value is -2.72. The topological polar surface area (TPSA) is 104 Å². The van der Waals surface area contributed by atoms with E-state index in [0.29, 0.717) is 0 Å². The Morgan fingerprint density at radius 2 is 1.93 bits per heavy atom. The summed E-state index contributed by atoms with van der Waals surface area (Å²) in [5, 5.41) is 0.276. The van der Waals surface area contributed by atoms with Gasteiger partial charge in [0.25, 0.3) is 0 Å². The predicted molar refractivity (Wildman–Crippen MR) is 102 cm³/mol. The van der Waals surface area contributed by atoms with E-state index in [1.165, 1.54) is 18.2 Å². The van der Waals surface area contributed by atoms with Gasteiger partial charge in [0.1, 0.15) is 11.4 Å². The summed E-state index contributed by atoms with van der Waals surface area (Å²) in [6, 6.07) is 6.00. The first-order valence-corrected chi connectivity index (χ1v) is 9.02. The zero-order valence-electron chi connectivity index (χ0n) is 16.3. The van der Waals surface area contributed by atoms with E-state index in [0.717, 1.165) is 13.3 Å². The number of benzene rings is 1. The lowest BCUT2D eigenvalue weighted by Gasteiger charge is -2.28. The highest BCUT2D eigenvalue weighted by atomic mass is 35.5. The van der Waals surface area contributed by atoms with Gasteiger partial charge < -0.3 is 15.2 Å². The Morgan fingerprint density at radius 3 is 2.47 bits per heavy atom. The number of nitrogens with two attached hydrogens (primary N) is 1. The molecule has 0 fully saturated rings. The third-order valence-electron chi connectivity index (χ3n) is 4.25. The lowest BCUT2D eigenvalue weighted by atomic mass is 9.82. The molecule has 2 N–H and O–H groups in total. The highest BCUT2D eigenvalue weighted by Gasteiger charge is 2.47. The number of halogens is 4. The molecule has 1 heterocycles. The van der Waals surface area contributed by atoms with E-state index in [1.807, 2.05) is 0 Å². The molecule has 0 aliphatic carbocycles. The molecule has 0 saturated carbocycles. The van der Waals surface area contributed by atoms with Crippen LogP contribution in [0.2, 0.25) is 5.02 Å². The Kier molecular flexibility index (Phi) is 7.04. The molecule has 7 nitrogen and oxygen atoms in total. The number of rotatable bonds is 7. The minimum absolute atomic E-state index is 0.163. The van der Waals surface area contributed by atoms with Crippen molar-refractivity contribution in [3.8, 4) is 17.1 Å². The first kappa shape index (κ1) is 23.6. The number of ketones is 1. The van der Waals surface area contributed by atoms with Crippen molar-refractivity contribution in [2.45, 2.75) is 25.6 Å². The van der Waals surface area contributed by atoms with Crippen LogP contribution in [0.5, 0.6) is 5.88 Å². The zero-order valence-corrected chi connectivity index (χ0v) is 17.0. The van der Waals surface area contributed by atoms with E-state index in [1.54, 1.807) is 19.9 Å². The second-order valence-corrected chi connectivity index (χ2v) is 7.10. The summed E-state index contributed by atoms with van der Waals surface area (Å²) in [7, 11) is 1.08. The van der Waals surface area contributed by atoms with Crippen molar-refractivity contribution in [1.82, 2.24) is 9.97 Å². The van der Waals surface area contributed by atoms with Crippen molar-refractivity contribution >= 4 is 23.4 Å². The summed E-state index contributed by atoms with van der Waals surface area (Å²) in [5.41, 5.74) is 3.73. The van der Waals surface area contributed by atoms with Crippen LogP contribution in [0.15, 0.2) is 30.5 Å². The summed E-state index contributed by atoms with van der Waals surface area (Å²) < 4.78 is 47.2. The summed E-state index contributed by atoms with van der Waals surface area (Å²) >= 11 is 5.96. The second kappa shape index (κ2) is 8.97. The van der Waals surface area contributed by atoms with Crippen LogP contribution < -0.4 is 10.5 Å². The fourth-order valence-corrected chi connectivity index (χ4v) is 2.73. The predicted octanol–water partition coefficient (Wildman–Crippen LogP) is 3.45. The zero-order chi connectivity index (χ0) is 22.7. The summed E-state index contributed by atoms with van der Waals surface area (Å²) in [5.74, 6) is -3.01. The molecule has 162 valence electrons. The normalized spacial score (nSPS) is 13.6. The van der Waals surface area contributed by atoms with Gasteiger partial charge in [-0.15, -0.1) is 0 Å². The van der Waals surface area contributed by atoms with Crippen LogP contribution in [-0.4, -0.2) is 47.2 Å². The fraction of sp³-hybridized carbons (Fsp3) is 0.368. The second-order valence-electron chi connectivity index (χ2n) is 6.67. The maximum Gasteiger partial charge on any atom is 0.422 e. The summed E-state index contributed by atoms with van der Waals surface area (Å²) in [6.45, 7) is 1.47. The third kappa shape index (κ3) is 5.06. The van der Waals surface area contributed by atoms with Crippen molar-refractivity contribution in [3.63, 3.8) is 0 Å². The number of aromatic nitrogens is 2. The monoisotopic (exact) mass is 445 g/mol. The van der Waals surface area contributed by atoms with Crippen molar-refractivity contribution in [3.05, 3.63) is 41.2 Å². The molecule has 2 rings (SSSR count). The molecule has 0 saturated heterocycles. The van der Waals surface area contributed by atoms with Crippen LogP contribution in [0.25, 0.3) is 11.3 Å². The molecule has 1 atom stereocenters. The number of esters is 1. The molecular formula is C19H19ClF3N3O4. The van der Waals surface area contributed by atoms with Gasteiger partial charge in [0.05, 0.1) is 13.3 Å². The molecule has 1 unspecified atom stereocenters. The number of alkyl halides is 3. The van der Waals surface area contributed by atoms with Gasteiger partial charge in [0.2, 0.25) is 11.7 Å². The standard InChI is InChI=1S/C19H19ClF3N3O4/c1-10(2)19(24,17(28)29-3)15(27)13-8-25-16(30-9-18(21,22)23)14(26-13)11-5-4-6-12(20)7-11/h4-8,10H,9,24H2,1-3H3. The number of ether oxygens (including phenoxy) is 2. The van der Waals surface area contributed by atoms with Crippen LogP contribution in [0.4, 0.5) is 13.2 Å². The van der Waals surface area contributed by atoms with Crippen molar-refractivity contribution in [2.24, 2.45) is 11.7 Å². The molecule has 0 aliphatic heterocycles. The fourth-order valence-electron chi connectivity index (χ4n) is 2.54. The molecule has 11 heteroatoms. The minimum atomic E-state index is -4.61. The average molecular weight is 446 g/mol. The van der Waals surface area contributed by atoms with Gasteiger partial charge in [0.15, 0.2) is 12.1 Å². The van der Waals surface area contributed by atoms with E-state index < -0.39 is 41.9 Å². The van der Waals surface area contributed by atoms with Gasteiger partial charge >= 0.3 is 12.1 Å². The number of carbonyl (C=O) groups is 2. The first-order valence-electron chi connectivity index (χ1n) is 8.64. The molecule has 2 aromatic rings. The maximum atomic E-state index is 13.0. The Balaban J connectivity index is 2.59. The lowest BCUT2D eigenvalue weighted by Crippen LogP contribution is -2.59. The van der Waals surface area contributed by atoms with Crippen molar-refractivity contribution in [1.29, 1.82) is 0 Å². The summed E-state index contributed by atoms with van der Waals surface area (Å²) in [6.07, 6.45) is -3.72. The highest BCUT2D eigenvalue weighted by Crippen LogP contribution is 2.31. The van der Waals surface area contributed by atoms with E-state index >= 15 is 0 Å².